The van der Waals surface area contributed by atoms with Crippen LogP contribution in [0.25, 0.3) is 10.8 Å². The Bertz CT molecular complexity index is 1320. The lowest BCUT2D eigenvalue weighted by Crippen LogP contribution is -2.34. The maximum absolute atomic E-state index is 12.6. The number of methoxy groups -OCH3 is 1. The highest BCUT2D eigenvalue weighted by atomic mass is 35.5. The van der Waals surface area contributed by atoms with Gasteiger partial charge in [0.25, 0.3) is 10.0 Å². The van der Waals surface area contributed by atoms with Crippen LogP contribution in [0.3, 0.4) is 0 Å². The van der Waals surface area contributed by atoms with Crippen molar-refractivity contribution in [3.05, 3.63) is 59.4 Å². The van der Waals surface area contributed by atoms with Crippen LogP contribution in [0.1, 0.15) is 18.4 Å². The van der Waals surface area contributed by atoms with Gasteiger partial charge >= 0.3 is 0 Å². The van der Waals surface area contributed by atoms with Crippen LogP contribution < -0.4 is 4.74 Å². The number of hydrogen-bond donors (Lipinski definition) is 0. The van der Waals surface area contributed by atoms with Gasteiger partial charge in [0.05, 0.1) is 17.0 Å². The average Bonchev–Trinajstić information content (AvgIpc) is 2.84. The van der Waals surface area contributed by atoms with Gasteiger partial charge in [-0.2, -0.15) is 8.42 Å². The molecule has 1 saturated heterocycles. The SMILES string of the molecule is COc1ccc(S(=O)(=O)/N=C/N(C)C)cc1CN1CCC(Sc2cc3ccncc3cc2Cl)CC1. The second-order valence-electron chi connectivity index (χ2n) is 8.73. The van der Waals surface area contributed by atoms with E-state index in [-0.39, 0.29) is 4.90 Å². The molecule has 2 aromatic carbocycles. The summed E-state index contributed by atoms with van der Waals surface area (Å²) >= 11 is 8.38. The minimum Gasteiger partial charge on any atom is -0.496 e. The van der Waals surface area contributed by atoms with Crippen LogP contribution in [-0.4, -0.2) is 69.1 Å². The molecule has 0 N–H and O–H groups in total. The zero-order chi connectivity index (χ0) is 25.0. The number of thioether (sulfide) groups is 1. The molecule has 4 rings (SSSR count). The Morgan fingerprint density at radius 1 is 1.20 bits per heavy atom. The van der Waals surface area contributed by atoms with Crippen molar-refractivity contribution in [1.29, 1.82) is 0 Å². The van der Waals surface area contributed by atoms with Crippen LogP contribution >= 0.6 is 23.4 Å². The molecule has 186 valence electrons. The molecule has 0 saturated carbocycles. The molecule has 35 heavy (non-hydrogen) atoms. The van der Waals surface area contributed by atoms with Crippen molar-refractivity contribution in [3.8, 4) is 5.75 Å². The summed E-state index contributed by atoms with van der Waals surface area (Å²) in [6, 6.07) is 11.0. The standard InChI is InChI=1S/C25H29ClN4O3S2/c1-29(2)17-28-35(31,32)22-4-5-24(33-3)20(12-22)16-30-10-7-21(8-11-30)34-25-14-18-6-9-27-15-19(18)13-23(25)26/h4-6,9,12-15,17,21H,7-8,10-11,16H2,1-3H3/b28-17+. The molecule has 10 heteroatoms. The van der Waals surface area contributed by atoms with Crippen molar-refractivity contribution in [2.24, 2.45) is 4.40 Å². The number of ether oxygens (including phenoxy) is 1. The van der Waals surface area contributed by atoms with Gasteiger partial charge in [-0.1, -0.05) is 11.6 Å². The summed E-state index contributed by atoms with van der Waals surface area (Å²) in [6.07, 6.45) is 6.95. The van der Waals surface area contributed by atoms with E-state index in [1.165, 1.54) is 12.4 Å². The molecule has 0 unspecified atom stereocenters. The first-order valence-electron chi connectivity index (χ1n) is 11.3. The zero-order valence-electron chi connectivity index (χ0n) is 20.0. The van der Waals surface area contributed by atoms with Crippen LogP contribution in [-0.2, 0) is 16.6 Å². The number of halogens is 1. The predicted molar refractivity (Wildman–Crippen MR) is 143 cm³/mol. The first-order valence-corrected chi connectivity index (χ1v) is 14.0. The van der Waals surface area contributed by atoms with E-state index in [4.69, 9.17) is 16.3 Å². The van der Waals surface area contributed by atoms with E-state index in [0.29, 0.717) is 17.5 Å². The Hall–Kier alpha value is -2.33. The van der Waals surface area contributed by atoms with Crippen LogP contribution in [0.5, 0.6) is 5.75 Å². The largest absolute Gasteiger partial charge is 0.496 e. The molecule has 2 heterocycles. The van der Waals surface area contributed by atoms with Gasteiger partial charge in [-0.25, -0.2) is 0 Å². The average molecular weight is 533 g/mol. The highest BCUT2D eigenvalue weighted by Crippen LogP contribution is 2.37. The minimum absolute atomic E-state index is 0.165. The van der Waals surface area contributed by atoms with Gasteiger partial charge in [0.1, 0.15) is 12.1 Å². The summed E-state index contributed by atoms with van der Waals surface area (Å²) in [4.78, 5) is 9.36. The van der Waals surface area contributed by atoms with E-state index in [1.54, 1.807) is 44.4 Å². The van der Waals surface area contributed by atoms with Crippen LogP contribution in [0, 0.1) is 0 Å². The number of rotatable bonds is 8. The number of benzene rings is 2. The number of pyridine rings is 1. The Balaban J connectivity index is 1.42. The van der Waals surface area contributed by atoms with Crippen LogP contribution in [0.2, 0.25) is 5.02 Å². The number of piperidine rings is 1. The monoisotopic (exact) mass is 532 g/mol. The Labute approximate surface area is 216 Å². The summed E-state index contributed by atoms with van der Waals surface area (Å²) in [7, 11) is 1.28. The second-order valence-corrected chi connectivity index (χ2v) is 12.1. The van der Waals surface area contributed by atoms with Gasteiger partial charge in [0, 0.05) is 54.1 Å². The van der Waals surface area contributed by atoms with Crippen molar-refractivity contribution in [3.63, 3.8) is 0 Å². The quantitative estimate of drug-likeness (QED) is 0.300. The van der Waals surface area contributed by atoms with Gasteiger partial charge in [-0.15, -0.1) is 16.2 Å². The van der Waals surface area contributed by atoms with E-state index in [0.717, 1.165) is 52.2 Å². The number of likely N-dealkylation sites (tertiary alicyclic amines) is 1. The van der Waals surface area contributed by atoms with Gasteiger partial charge in [-0.05, 0) is 67.7 Å². The fourth-order valence-corrected chi connectivity index (χ4v) is 6.48. The van der Waals surface area contributed by atoms with Crippen molar-refractivity contribution >= 4 is 50.5 Å². The second kappa shape index (κ2) is 11.2. The highest BCUT2D eigenvalue weighted by Gasteiger charge is 2.23. The summed E-state index contributed by atoms with van der Waals surface area (Å²) in [6.45, 7) is 2.43. The van der Waals surface area contributed by atoms with E-state index in [9.17, 15) is 8.42 Å². The van der Waals surface area contributed by atoms with E-state index >= 15 is 0 Å². The maximum atomic E-state index is 12.6. The Morgan fingerprint density at radius 3 is 2.69 bits per heavy atom. The zero-order valence-corrected chi connectivity index (χ0v) is 22.4. The number of sulfonamides is 1. The van der Waals surface area contributed by atoms with Gasteiger partial charge in [-0.3, -0.25) is 9.88 Å². The molecule has 0 aliphatic carbocycles. The number of aromatic nitrogens is 1. The number of fused-ring (bicyclic) bond motifs is 1. The lowest BCUT2D eigenvalue weighted by molar-refractivity contribution is 0.222. The molecule has 0 amide bonds. The highest BCUT2D eigenvalue weighted by molar-refractivity contribution is 8.00. The lowest BCUT2D eigenvalue weighted by atomic mass is 10.1. The first-order chi connectivity index (χ1) is 16.7. The van der Waals surface area contributed by atoms with Crippen molar-refractivity contribution in [2.75, 3.05) is 34.3 Å². The maximum Gasteiger partial charge on any atom is 0.283 e. The smallest absolute Gasteiger partial charge is 0.283 e. The molecular formula is C25H29ClN4O3S2. The molecule has 1 aromatic heterocycles. The van der Waals surface area contributed by atoms with Crippen LogP contribution in [0.4, 0.5) is 0 Å². The number of nitrogens with zero attached hydrogens (tertiary/aromatic N) is 4. The first kappa shape index (κ1) is 25.8. The Morgan fingerprint density at radius 2 is 1.97 bits per heavy atom. The molecule has 1 fully saturated rings. The summed E-state index contributed by atoms with van der Waals surface area (Å²) in [5.74, 6) is 0.675. The molecule has 0 atom stereocenters. The third-order valence-corrected chi connectivity index (χ3v) is 8.92. The molecular weight excluding hydrogens is 504 g/mol. The number of hydrogen-bond acceptors (Lipinski definition) is 6. The fraction of sp³-hybridized carbons (Fsp3) is 0.360. The molecule has 3 aromatic rings. The van der Waals surface area contributed by atoms with Gasteiger partial charge < -0.3 is 9.64 Å². The normalized spacial score (nSPS) is 15.7. The molecule has 1 aliphatic heterocycles. The summed E-state index contributed by atoms with van der Waals surface area (Å²) in [5, 5.41) is 3.41. The molecule has 0 radical (unpaired) electrons. The predicted octanol–water partition coefficient (Wildman–Crippen LogP) is 4.93. The van der Waals surface area contributed by atoms with Gasteiger partial charge in [0.15, 0.2) is 0 Å². The summed E-state index contributed by atoms with van der Waals surface area (Å²) < 4.78 is 34.5. The molecule has 0 bridgehead atoms. The topological polar surface area (TPSA) is 75.1 Å². The third kappa shape index (κ3) is 6.46. The van der Waals surface area contributed by atoms with Gasteiger partial charge in [0.2, 0.25) is 0 Å². The molecule has 1 aliphatic rings. The minimum atomic E-state index is -3.77. The van der Waals surface area contributed by atoms with Crippen molar-refractivity contribution < 1.29 is 13.2 Å². The van der Waals surface area contributed by atoms with Crippen molar-refractivity contribution in [1.82, 2.24) is 14.8 Å². The van der Waals surface area contributed by atoms with Crippen molar-refractivity contribution in [2.45, 2.75) is 34.4 Å². The van der Waals surface area contributed by atoms with Crippen LogP contribution in [0.15, 0.2) is 63.0 Å². The summed E-state index contributed by atoms with van der Waals surface area (Å²) in [5.41, 5.74) is 0.839. The third-order valence-electron chi connectivity index (χ3n) is 5.88. The van der Waals surface area contributed by atoms with E-state index in [2.05, 4.69) is 20.3 Å². The lowest BCUT2D eigenvalue weighted by Gasteiger charge is -2.32. The molecule has 0 spiro atoms. The Kier molecular flexibility index (Phi) is 8.21. The van der Waals surface area contributed by atoms with E-state index < -0.39 is 10.0 Å². The molecule has 7 nitrogen and oxygen atoms in total. The van der Waals surface area contributed by atoms with E-state index in [1.807, 2.05) is 30.1 Å². The fourth-order valence-electron chi connectivity index (χ4n) is 4.04.